The lowest BCUT2D eigenvalue weighted by molar-refractivity contribution is -0.116. The molecule has 106 valence electrons. The van der Waals surface area contributed by atoms with Gasteiger partial charge in [0.25, 0.3) is 5.56 Å². The number of nitrogens with one attached hydrogen (secondary N) is 1. The summed E-state index contributed by atoms with van der Waals surface area (Å²) in [5, 5.41) is 11.6. The van der Waals surface area contributed by atoms with E-state index in [9.17, 15) is 9.59 Å². The van der Waals surface area contributed by atoms with Gasteiger partial charge in [0.05, 0.1) is 5.02 Å². The molecule has 9 heteroatoms. The Morgan fingerprint density at radius 1 is 1.50 bits per heavy atom. The quantitative estimate of drug-likeness (QED) is 0.894. The van der Waals surface area contributed by atoms with Gasteiger partial charge in [-0.05, 0) is 6.07 Å². The van der Waals surface area contributed by atoms with E-state index in [1.807, 2.05) is 0 Å². The third-order valence-electron chi connectivity index (χ3n) is 2.24. The first-order chi connectivity index (χ1) is 9.58. The van der Waals surface area contributed by atoms with Gasteiger partial charge in [0.1, 0.15) is 18.2 Å². The number of rotatable bonds is 5. The van der Waals surface area contributed by atoms with E-state index in [4.69, 9.17) is 16.3 Å². The zero-order valence-corrected chi connectivity index (χ0v) is 12.1. The van der Waals surface area contributed by atoms with Gasteiger partial charge in [-0.2, -0.15) is 0 Å². The minimum Gasteiger partial charge on any atom is -0.377 e. The molecule has 0 aliphatic heterocycles. The SMILES string of the molecule is COCc1nnc(NC(=O)Cn2cc(Cl)ccc2=O)s1. The molecule has 2 heterocycles. The smallest absolute Gasteiger partial charge is 0.251 e. The molecule has 0 aliphatic carbocycles. The third-order valence-corrected chi connectivity index (χ3v) is 3.28. The molecule has 0 radical (unpaired) electrons. The summed E-state index contributed by atoms with van der Waals surface area (Å²) >= 11 is 6.98. The van der Waals surface area contributed by atoms with Crippen LogP contribution in [0.3, 0.4) is 0 Å². The van der Waals surface area contributed by atoms with E-state index < -0.39 is 0 Å². The lowest BCUT2D eigenvalue weighted by Gasteiger charge is -2.04. The van der Waals surface area contributed by atoms with Gasteiger partial charge in [-0.1, -0.05) is 22.9 Å². The van der Waals surface area contributed by atoms with Gasteiger partial charge in [-0.25, -0.2) is 0 Å². The van der Waals surface area contributed by atoms with Gasteiger partial charge in [0.2, 0.25) is 11.0 Å². The van der Waals surface area contributed by atoms with Crippen LogP contribution in [0, 0.1) is 0 Å². The summed E-state index contributed by atoms with van der Waals surface area (Å²) in [6, 6.07) is 2.78. The number of pyridine rings is 1. The van der Waals surface area contributed by atoms with E-state index in [-0.39, 0.29) is 18.0 Å². The van der Waals surface area contributed by atoms with Gasteiger partial charge in [-0.15, -0.1) is 10.2 Å². The van der Waals surface area contributed by atoms with Crippen molar-refractivity contribution in [2.45, 2.75) is 13.2 Å². The molecule has 0 bridgehead atoms. The maximum Gasteiger partial charge on any atom is 0.251 e. The average molecular weight is 315 g/mol. The number of amides is 1. The fourth-order valence-electron chi connectivity index (χ4n) is 1.43. The van der Waals surface area contributed by atoms with Gasteiger partial charge in [-0.3, -0.25) is 14.9 Å². The summed E-state index contributed by atoms with van der Waals surface area (Å²) in [7, 11) is 1.55. The second-order valence-corrected chi connectivity index (χ2v) is 5.29. The molecule has 0 spiro atoms. The van der Waals surface area contributed by atoms with E-state index in [1.54, 1.807) is 7.11 Å². The summed E-state index contributed by atoms with van der Waals surface area (Å²) in [4.78, 5) is 23.3. The molecular weight excluding hydrogens is 304 g/mol. The van der Waals surface area contributed by atoms with Crippen LogP contribution < -0.4 is 10.9 Å². The van der Waals surface area contributed by atoms with E-state index in [2.05, 4.69) is 15.5 Å². The van der Waals surface area contributed by atoms with E-state index in [0.717, 1.165) is 0 Å². The van der Waals surface area contributed by atoms with E-state index in [1.165, 1.54) is 34.2 Å². The van der Waals surface area contributed by atoms with Crippen LogP contribution in [0.1, 0.15) is 5.01 Å². The monoisotopic (exact) mass is 314 g/mol. The van der Waals surface area contributed by atoms with Crippen LogP contribution >= 0.6 is 22.9 Å². The zero-order chi connectivity index (χ0) is 14.5. The molecule has 0 fully saturated rings. The minimum absolute atomic E-state index is 0.140. The van der Waals surface area contributed by atoms with Crippen LogP contribution in [0.4, 0.5) is 5.13 Å². The Labute approximate surface area is 123 Å². The molecule has 0 saturated heterocycles. The maximum absolute atomic E-state index is 11.8. The van der Waals surface area contributed by atoms with Crippen molar-refractivity contribution in [1.29, 1.82) is 0 Å². The van der Waals surface area contributed by atoms with Gasteiger partial charge < -0.3 is 9.30 Å². The van der Waals surface area contributed by atoms with Crippen molar-refractivity contribution in [3.63, 3.8) is 0 Å². The number of carbonyl (C=O) groups is 1. The average Bonchev–Trinajstić information content (AvgIpc) is 2.81. The second kappa shape index (κ2) is 6.60. The van der Waals surface area contributed by atoms with Crippen LogP contribution in [0.15, 0.2) is 23.1 Å². The van der Waals surface area contributed by atoms with Crippen molar-refractivity contribution in [3.8, 4) is 0 Å². The molecule has 1 N–H and O–H groups in total. The minimum atomic E-state index is -0.380. The van der Waals surface area contributed by atoms with Crippen LogP contribution in [0.2, 0.25) is 5.02 Å². The Morgan fingerprint density at radius 3 is 3.05 bits per heavy atom. The summed E-state index contributed by atoms with van der Waals surface area (Å²) in [6.07, 6.45) is 1.40. The standard InChI is InChI=1S/C11H11ClN4O3S/c1-19-6-9-14-15-11(20-9)13-8(17)5-16-4-7(12)2-3-10(16)18/h2-4H,5-6H2,1H3,(H,13,15,17). The van der Waals surface area contributed by atoms with Crippen molar-refractivity contribution in [3.05, 3.63) is 38.7 Å². The predicted octanol–water partition coefficient (Wildman–Crippen LogP) is 1.14. The normalized spacial score (nSPS) is 10.5. The summed E-state index contributed by atoms with van der Waals surface area (Å²) < 4.78 is 6.12. The van der Waals surface area contributed by atoms with Crippen LogP contribution in [0.25, 0.3) is 0 Å². The molecule has 2 aromatic rings. The molecule has 1 amide bonds. The number of anilines is 1. The van der Waals surface area contributed by atoms with Crippen molar-refractivity contribution in [2.24, 2.45) is 0 Å². The van der Waals surface area contributed by atoms with Gasteiger partial charge >= 0.3 is 0 Å². The fraction of sp³-hybridized carbons (Fsp3) is 0.273. The number of aromatic nitrogens is 3. The molecule has 0 aromatic carbocycles. The van der Waals surface area contributed by atoms with Crippen molar-refractivity contribution in [1.82, 2.24) is 14.8 Å². The Kier molecular flexibility index (Phi) is 4.83. The molecule has 0 atom stereocenters. The Balaban J connectivity index is 2.01. The largest absolute Gasteiger partial charge is 0.377 e. The molecular formula is C11H11ClN4O3S. The Bertz CT molecular complexity index is 670. The van der Waals surface area contributed by atoms with Crippen molar-refractivity contribution in [2.75, 3.05) is 12.4 Å². The van der Waals surface area contributed by atoms with Crippen LogP contribution in [-0.4, -0.2) is 27.8 Å². The summed E-state index contributed by atoms with van der Waals surface area (Å²) in [6.45, 7) is 0.194. The Hall–Kier alpha value is -1.77. The lowest BCUT2D eigenvalue weighted by Crippen LogP contribution is -2.26. The highest BCUT2D eigenvalue weighted by Crippen LogP contribution is 2.15. The first-order valence-electron chi connectivity index (χ1n) is 5.55. The molecule has 0 saturated carbocycles. The first kappa shape index (κ1) is 14.6. The highest BCUT2D eigenvalue weighted by molar-refractivity contribution is 7.15. The fourth-order valence-corrected chi connectivity index (χ4v) is 2.33. The summed E-state index contributed by atoms with van der Waals surface area (Å²) in [5.41, 5.74) is -0.304. The van der Waals surface area contributed by atoms with Crippen molar-refractivity contribution < 1.29 is 9.53 Å². The zero-order valence-electron chi connectivity index (χ0n) is 10.5. The first-order valence-corrected chi connectivity index (χ1v) is 6.75. The lowest BCUT2D eigenvalue weighted by atomic mass is 10.4. The summed E-state index contributed by atoms with van der Waals surface area (Å²) in [5.74, 6) is -0.380. The van der Waals surface area contributed by atoms with E-state index >= 15 is 0 Å². The highest BCUT2D eigenvalue weighted by atomic mass is 35.5. The highest BCUT2D eigenvalue weighted by Gasteiger charge is 2.09. The van der Waals surface area contributed by atoms with Crippen LogP contribution in [-0.2, 0) is 22.7 Å². The number of methoxy groups -OCH3 is 1. The predicted molar refractivity (Wildman–Crippen MR) is 75.0 cm³/mol. The Morgan fingerprint density at radius 2 is 2.30 bits per heavy atom. The molecule has 2 rings (SSSR count). The number of halogens is 1. The number of nitrogens with zero attached hydrogens (tertiary/aromatic N) is 3. The number of hydrogen-bond acceptors (Lipinski definition) is 6. The van der Waals surface area contributed by atoms with Crippen LogP contribution in [0.5, 0.6) is 0 Å². The third kappa shape index (κ3) is 3.86. The molecule has 0 aliphatic rings. The van der Waals surface area contributed by atoms with Crippen molar-refractivity contribution >= 4 is 34.0 Å². The van der Waals surface area contributed by atoms with Gasteiger partial charge in [0.15, 0.2) is 0 Å². The number of ether oxygens (including phenoxy) is 1. The van der Waals surface area contributed by atoms with Gasteiger partial charge in [0, 0.05) is 19.4 Å². The molecule has 7 nitrogen and oxygen atoms in total. The number of carbonyl (C=O) groups excluding carboxylic acids is 1. The van der Waals surface area contributed by atoms with E-state index in [0.29, 0.717) is 21.8 Å². The molecule has 20 heavy (non-hydrogen) atoms. The number of hydrogen-bond donors (Lipinski definition) is 1. The molecule has 0 unspecified atom stereocenters. The maximum atomic E-state index is 11.8. The second-order valence-electron chi connectivity index (χ2n) is 3.80. The topological polar surface area (TPSA) is 86.1 Å². The molecule has 2 aromatic heterocycles.